The maximum atomic E-state index is 12.7. The molecule has 0 saturated heterocycles. The third-order valence-electron chi connectivity index (χ3n) is 4.64. The van der Waals surface area contributed by atoms with Crippen LogP contribution in [0, 0.1) is 0 Å². The number of nitrogens with one attached hydrogen (secondary N) is 1. The second-order valence-electron chi connectivity index (χ2n) is 6.58. The highest BCUT2D eigenvalue weighted by Crippen LogP contribution is 2.30. The molecule has 0 spiro atoms. The molecule has 8 heteroatoms. The first-order valence-electron chi connectivity index (χ1n) is 9.00. The molecule has 0 aliphatic heterocycles. The third kappa shape index (κ3) is 3.60. The van der Waals surface area contributed by atoms with Gasteiger partial charge in [-0.15, -0.1) is 0 Å². The second kappa shape index (κ2) is 7.59. The van der Waals surface area contributed by atoms with E-state index in [-0.39, 0.29) is 5.56 Å². The van der Waals surface area contributed by atoms with E-state index in [1.807, 2.05) is 18.2 Å². The molecular formula is C21H20N6O2. The Morgan fingerprint density at radius 3 is 2.69 bits per heavy atom. The molecule has 0 radical (unpaired) electrons. The van der Waals surface area contributed by atoms with Crippen LogP contribution < -0.4 is 21.3 Å². The summed E-state index contributed by atoms with van der Waals surface area (Å²) in [6.07, 6.45) is 4.95. The number of nitrogen functional groups attached to an aromatic ring is 1. The molecule has 1 aromatic carbocycles. The second-order valence-corrected chi connectivity index (χ2v) is 6.58. The van der Waals surface area contributed by atoms with Crippen LogP contribution in [0.5, 0.6) is 5.75 Å². The number of benzene rings is 1. The number of aromatic nitrogens is 4. The lowest BCUT2D eigenvalue weighted by atomic mass is 10.1. The van der Waals surface area contributed by atoms with Crippen LogP contribution in [-0.4, -0.2) is 26.6 Å². The molecule has 0 fully saturated rings. The number of fused-ring (bicyclic) bond motifs is 1. The van der Waals surface area contributed by atoms with Crippen molar-refractivity contribution < 1.29 is 4.74 Å². The van der Waals surface area contributed by atoms with Crippen molar-refractivity contribution in [1.82, 2.24) is 19.5 Å². The van der Waals surface area contributed by atoms with Gasteiger partial charge in [0.1, 0.15) is 17.0 Å². The maximum absolute atomic E-state index is 12.7. The normalized spacial score (nSPS) is 10.8. The van der Waals surface area contributed by atoms with Gasteiger partial charge in [-0.1, -0.05) is 0 Å². The largest absolute Gasteiger partial charge is 0.495 e. The van der Waals surface area contributed by atoms with Gasteiger partial charge in [-0.2, -0.15) is 0 Å². The van der Waals surface area contributed by atoms with Crippen LogP contribution in [0.2, 0.25) is 0 Å². The molecule has 8 nitrogen and oxygen atoms in total. The SMILES string of the molecule is COc1ccc(-c2cc3ncn(C)c(=O)c3c(NCc3ccncc3)n2)cc1N. The van der Waals surface area contributed by atoms with Crippen LogP contribution in [0.3, 0.4) is 0 Å². The van der Waals surface area contributed by atoms with Gasteiger partial charge in [-0.3, -0.25) is 9.78 Å². The number of rotatable bonds is 5. The number of nitrogens with two attached hydrogens (primary N) is 1. The molecular weight excluding hydrogens is 368 g/mol. The molecule has 0 unspecified atom stereocenters. The molecule has 0 aliphatic rings. The third-order valence-corrected chi connectivity index (χ3v) is 4.64. The molecule has 4 rings (SSSR count). The van der Waals surface area contributed by atoms with Crippen LogP contribution in [-0.2, 0) is 13.6 Å². The standard InChI is InChI=1S/C21H20N6O2/c1-27-12-25-17-10-16(14-3-4-18(29-2)15(22)9-14)26-20(19(17)21(27)28)24-11-13-5-7-23-8-6-13/h3-10,12H,11,22H2,1-2H3,(H,24,26). The highest BCUT2D eigenvalue weighted by molar-refractivity contribution is 5.91. The minimum absolute atomic E-state index is 0.166. The van der Waals surface area contributed by atoms with Gasteiger partial charge in [0.25, 0.3) is 5.56 Å². The Morgan fingerprint density at radius 1 is 1.17 bits per heavy atom. The van der Waals surface area contributed by atoms with E-state index in [0.717, 1.165) is 11.1 Å². The van der Waals surface area contributed by atoms with Crippen molar-refractivity contribution in [2.24, 2.45) is 7.05 Å². The highest BCUT2D eigenvalue weighted by Gasteiger charge is 2.14. The molecule has 3 N–H and O–H groups in total. The van der Waals surface area contributed by atoms with Gasteiger partial charge in [-0.25, -0.2) is 9.97 Å². The van der Waals surface area contributed by atoms with E-state index in [0.29, 0.717) is 40.4 Å². The Balaban J connectivity index is 1.84. The Morgan fingerprint density at radius 2 is 1.97 bits per heavy atom. The number of hydrogen-bond acceptors (Lipinski definition) is 7. The smallest absolute Gasteiger partial charge is 0.264 e. The fourth-order valence-corrected chi connectivity index (χ4v) is 3.08. The summed E-state index contributed by atoms with van der Waals surface area (Å²) in [5, 5.41) is 3.71. The number of hydrogen-bond donors (Lipinski definition) is 2. The van der Waals surface area contributed by atoms with Gasteiger partial charge >= 0.3 is 0 Å². The first-order chi connectivity index (χ1) is 14.1. The summed E-state index contributed by atoms with van der Waals surface area (Å²) in [7, 11) is 3.24. The minimum Gasteiger partial charge on any atom is -0.495 e. The summed E-state index contributed by atoms with van der Waals surface area (Å²) in [5.41, 5.74) is 9.44. The molecule has 0 saturated carbocycles. The summed E-state index contributed by atoms with van der Waals surface area (Å²) in [4.78, 5) is 25.9. The first kappa shape index (κ1) is 18.4. The van der Waals surface area contributed by atoms with Crippen LogP contribution in [0.15, 0.2) is 59.9 Å². The first-order valence-corrected chi connectivity index (χ1v) is 9.00. The van der Waals surface area contributed by atoms with Gasteiger partial charge in [0.05, 0.1) is 30.3 Å². The molecule has 146 valence electrons. The predicted octanol–water partition coefficient (Wildman–Crippen LogP) is 2.59. The molecule has 0 bridgehead atoms. The lowest BCUT2D eigenvalue weighted by molar-refractivity contribution is 0.417. The zero-order valence-electron chi connectivity index (χ0n) is 16.1. The van der Waals surface area contributed by atoms with Gasteiger partial charge in [0.2, 0.25) is 0 Å². The Bertz CT molecular complexity index is 1240. The number of ether oxygens (including phenoxy) is 1. The van der Waals surface area contributed by atoms with Crippen LogP contribution in [0.1, 0.15) is 5.56 Å². The number of aryl methyl sites for hydroxylation is 1. The van der Waals surface area contributed by atoms with Crippen LogP contribution in [0.25, 0.3) is 22.2 Å². The Hall–Kier alpha value is -3.94. The quantitative estimate of drug-likeness (QED) is 0.506. The fraction of sp³-hybridized carbons (Fsp3) is 0.143. The van der Waals surface area contributed by atoms with E-state index in [1.54, 1.807) is 44.8 Å². The van der Waals surface area contributed by atoms with Crippen molar-refractivity contribution in [3.63, 3.8) is 0 Å². The number of nitrogens with zero attached hydrogens (tertiary/aromatic N) is 4. The highest BCUT2D eigenvalue weighted by atomic mass is 16.5. The summed E-state index contributed by atoms with van der Waals surface area (Å²) in [5.74, 6) is 1.06. The zero-order valence-corrected chi connectivity index (χ0v) is 16.1. The van der Waals surface area contributed by atoms with Crippen molar-refractivity contribution in [1.29, 1.82) is 0 Å². The molecule has 4 aromatic rings. The van der Waals surface area contributed by atoms with Gasteiger partial charge < -0.3 is 20.4 Å². The molecule has 29 heavy (non-hydrogen) atoms. The topological polar surface area (TPSA) is 108 Å². The van der Waals surface area contributed by atoms with E-state index in [4.69, 9.17) is 15.5 Å². The van der Waals surface area contributed by atoms with E-state index in [1.165, 1.54) is 10.9 Å². The van der Waals surface area contributed by atoms with Crippen molar-refractivity contribution in [3.8, 4) is 17.0 Å². The van der Waals surface area contributed by atoms with Crippen LogP contribution >= 0.6 is 0 Å². The molecule has 0 aliphatic carbocycles. The fourth-order valence-electron chi connectivity index (χ4n) is 3.08. The average molecular weight is 388 g/mol. The molecule has 0 atom stereocenters. The van der Waals surface area contributed by atoms with Gasteiger partial charge in [0.15, 0.2) is 0 Å². The predicted molar refractivity (Wildman–Crippen MR) is 113 cm³/mol. The van der Waals surface area contributed by atoms with E-state index >= 15 is 0 Å². The summed E-state index contributed by atoms with van der Waals surface area (Å²) in [6.45, 7) is 0.497. The lowest BCUT2D eigenvalue weighted by Gasteiger charge is -2.13. The number of methoxy groups -OCH3 is 1. The lowest BCUT2D eigenvalue weighted by Crippen LogP contribution is -2.19. The van der Waals surface area contributed by atoms with Gasteiger partial charge in [-0.05, 0) is 42.0 Å². The minimum atomic E-state index is -0.166. The van der Waals surface area contributed by atoms with E-state index < -0.39 is 0 Å². The maximum Gasteiger partial charge on any atom is 0.264 e. The number of pyridine rings is 2. The number of anilines is 2. The van der Waals surface area contributed by atoms with Crippen LogP contribution in [0.4, 0.5) is 11.5 Å². The van der Waals surface area contributed by atoms with Crippen molar-refractivity contribution in [3.05, 3.63) is 71.0 Å². The summed E-state index contributed by atoms with van der Waals surface area (Å²) in [6, 6.07) is 11.0. The van der Waals surface area contributed by atoms with Crippen molar-refractivity contribution >= 4 is 22.4 Å². The van der Waals surface area contributed by atoms with E-state index in [2.05, 4.69) is 15.3 Å². The Labute approximate surface area is 167 Å². The van der Waals surface area contributed by atoms with Gasteiger partial charge in [0, 0.05) is 31.5 Å². The average Bonchev–Trinajstić information content (AvgIpc) is 2.75. The summed E-state index contributed by atoms with van der Waals surface area (Å²) >= 11 is 0. The molecule has 0 amide bonds. The zero-order chi connectivity index (χ0) is 20.4. The molecule has 3 aromatic heterocycles. The molecule has 3 heterocycles. The van der Waals surface area contributed by atoms with E-state index in [9.17, 15) is 4.79 Å². The summed E-state index contributed by atoms with van der Waals surface area (Å²) < 4.78 is 6.66. The monoisotopic (exact) mass is 388 g/mol. The van der Waals surface area contributed by atoms with Crippen molar-refractivity contribution in [2.75, 3.05) is 18.2 Å². The Kier molecular flexibility index (Phi) is 4.82. The van der Waals surface area contributed by atoms with Crippen molar-refractivity contribution in [2.45, 2.75) is 6.54 Å².